The summed E-state index contributed by atoms with van der Waals surface area (Å²) in [5.74, 6) is 0.282. The fourth-order valence-electron chi connectivity index (χ4n) is 1.32. The van der Waals surface area contributed by atoms with Crippen LogP contribution >= 0.6 is 0 Å². The van der Waals surface area contributed by atoms with E-state index in [0.717, 1.165) is 5.56 Å². The SMILES string of the molecule is Nc1nc(O)cn1Cc1ccccc1. The van der Waals surface area contributed by atoms with Crippen LogP contribution in [0.4, 0.5) is 5.95 Å². The van der Waals surface area contributed by atoms with Gasteiger partial charge in [-0.3, -0.25) is 0 Å². The molecule has 0 fully saturated rings. The Balaban J connectivity index is 2.23. The number of hydrogen-bond acceptors (Lipinski definition) is 3. The average Bonchev–Trinajstić information content (AvgIpc) is 2.47. The van der Waals surface area contributed by atoms with E-state index >= 15 is 0 Å². The molecular weight excluding hydrogens is 178 g/mol. The van der Waals surface area contributed by atoms with Crippen LogP contribution in [-0.4, -0.2) is 14.7 Å². The molecule has 3 N–H and O–H groups in total. The summed E-state index contributed by atoms with van der Waals surface area (Å²) < 4.78 is 1.70. The number of aromatic hydroxyl groups is 1. The highest BCUT2D eigenvalue weighted by Crippen LogP contribution is 2.12. The van der Waals surface area contributed by atoms with Gasteiger partial charge in [-0.15, -0.1) is 0 Å². The summed E-state index contributed by atoms with van der Waals surface area (Å²) in [5.41, 5.74) is 6.70. The van der Waals surface area contributed by atoms with Gasteiger partial charge in [0.15, 0.2) is 0 Å². The van der Waals surface area contributed by atoms with Crippen LogP contribution < -0.4 is 5.73 Å². The maximum absolute atomic E-state index is 9.10. The minimum atomic E-state index is -0.0431. The fourth-order valence-corrected chi connectivity index (χ4v) is 1.32. The molecule has 0 unspecified atom stereocenters. The summed E-state index contributed by atoms with van der Waals surface area (Å²) in [5, 5.41) is 9.10. The van der Waals surface area contributed by atoms with E-state index in [2.05, 4.69) is 4.98 Å². The van der Waals surface area contributed by atoms with Gasteiger partial charge in [-0.2, -0.15) is 4.98 Å². The van der Waals surface area contributed by atoms with E-state index in [0.29, 0.717) is 12.5 Å². The predicted molar refractivity (Wildman–Crippen MR) is 53.8 cm³/mol. The zero-order chi connectivity index (χ0) is 9.97. The lowest BCUT2D eigenvalue weighted by Gasteiger charge is -2.03. The molecule has 0 aliphatic carbocycles. The first-order chi connectivity index (χ1) is 6.75. The van der Waals surface area contributed by atoms with Crippen molar-refractivity contribution >= 4 is 5.95 Å². The van der Waals surface area contributed by atoms with Gasteiger partial charge >= 0.3 is 0 Å². The van der Waals surface area contributed by atoms with E-state index < -0.39 is 0 Å². The van der Waals surface area contributed by atoms with Crippen molar-refractivity contribution < 1.29 is 5.11 Å². The molecule has 0 bridgehead atoms. The Kier molecular flexibility index (Phi) is 2.10. The zero-order valence-corrected chi connectivity index (χ0v) is 7.59. The topological polar surface area (TPSA) is 64.1 Å². The summed E-state index contributed by atoms with van der Waals surface area (Å²) in [4.78, 5) is 3.70. The van der Waals surface area contributed by atoms with Gasteiger partial charge in [0.25, 0.3) is 0 Å². The van der Waals surface area contributed by atoms with E-state index in [4.69, 9.17) is 10.8 Å². The van der Waals surface area contributed by atoms with Crippen molar-refractivity contribution in [3.05, 3.63) is 42.1 Å². The molecule has 4 nitrogen and oxygen atoms in total. The van der Waals surface area contributed by atoms with Gasteiger partial charge in [-0.1, -0.05) is 30.3 Å². The molecule has 0 spiro atoms. The third-order valence-electron chi connectivity index (χ3n) is 1.99. The quantitative estimate of drug-likeness (QED) is 0.746. The molecule has 4 heteroatoms. The molecule has 1 heterocycles. The Bertz CT molecular complexity index is 422. The third-order valence-corrected chi connectivity index (χ3v) is 1.99. The van der Waals surface area contributed by atoms with Crippen molar-refractivity contribution in [2.24, 2.45) is 0 Å². The summed E-state index contributed by atoms with van der Waals surface area (Å²) >= 11 is 0. The number of nitrogens with zero attached hydrogens (tertiary/aromatic N) is 2. The molecule has 2 aromatic rings. The summed E-state index contributed by atoms with van der Waals surface area (Å²) in [7, 11) is 0. The van der Waals surface area contributed by atoms with Gasteiger partial charge in [0.05, 0.1) is 12.7 Å². The van der Waals surface area contributed by atoms with Crippen LogP contribution in [0, 0.1) is 0 Å². The molecule has 1 aromatic carbocycles. The molecule has 72 valence electrons. The van der Waals surface area contributed by atoms with E-state index in [1.54, 1.807) is 4.57 Å². The van der Waals surface area contributed by atoms with Crippen molar-refractivity contribution in [1.82, 2.24) is 9.55 Å². The molecule has 0 saturated heterocycles. The number of nitrogen functional groups attached to an aromatic ring is 1. The Labute approximate surface area is 81.6 Å². The first-order valence-electron chi connectivity index (χ1n) is 4.31. The van der Waals surface area contributed by atoms with Crippen LogP contribution in [0.2, 0.25) is 0 Å². The first-order valence-corrected chi connectivity index (χ1v) is 4.31. The number of anilines is 1. The number of rotatable bonds is 2. The predicted octanol–water partition coefficient (Wildman–Crippen LogP) is 1.22. The maximum Gasteiger partial charge on any atom is 0.231 e. The van der Waals surface area contributed by atoms with Crippen molar-refractivity contribution in [3.63, 3.8) is 0 Å². The van der Waals surface area contributed by atoms with Gasteiger partial charge in [0.1, 0.15) is 0 Å². The van der Waals surface area contributed by atoms with Crippen LogP contribution in [-0.2, 0) is 6.54 Å². The molecule has 0 aliphatic rings. The normalized spacial score (nSPS) is 10.3. The molecule has 0 saturated carbocycles. The third kappa shape index (κ3) is 1.69. The standard InChI is InChI=1S/C10H11N3O/c11-10-12-9(14)7-13(10)6-8-4-2-1-3-5-8/h1-5,7,14H,6H2,(H2,11,12). The fraction of sp³-hybridized carbons (Fsp3) is 0.100. The Morgan fingerprint density at radius 1 is 1.29 bits per heavy atom. The van der Waals surface area contributed by atoms with Gasteiger partial charge < -0.3 is 15.4 Å². The Morgan fingerprint density at radius 3 is 2.57 bits per heavy atom. The Hall–Kier alpha value is -1.97. The molecule has 0 aliphatic heterocycles. The van der Waals surface area contributed by atoms with Crippen molar-refractivity contribution in [2.75, 3.05) is 5.73 Å². The lowest BCUT2D eigenvalue weighted by atomic mass is 10.2. The van der Waals surface area contributed by atoms with E-state index in [1.165, 1.54) is 6.20 Å². The number of benzene rings is 1. The van der Waals surface area contributed by atoms with Crippen molar-refractivity contribution in [3.8, 4) is 5.88 Å². The lowest BCUT2D eigenvalue weighted by Crippen LogP contribution is -2.03. The van der Waals surface area contributed by atoms with E-state index in [9.17, 15) is 0 Å². The molecule has 2 rings (SSSR count). The van der Waals surface area contributed by atoms with Gasteiger partial charge in [-0.25, -0.2) is 0 Å². The minimum Gasteiger partial charge on any atom is -0.492 e. The minimum absolute atomic E-state index is 0.0431. The monoisotopic (exact) mass is 189 g/mol. The average molecular weight is 189 g/mol. The van der Waals surface area contributed by atoms with E-state index in [-0.39, 0.29) is 5.88 Å². The first kappa shape index (κ1) is 8.62. The molecule has 0 radical (unpaired) electrons. The van der Waals surface area contributed by atoms with Crippen LogP contribution in [0.1, 0.15) is 5.56 Å². The highest BCUT2D eigenvalue weighted by molar-refractivity contribution is 5.27. The second-order valence-electron chi connectivity index (χ2n) is 3.07. The van der Waals surface area contributed by atoms with Gasteiger partial charge in [0.2, 0.25) is 11.8 Å². The van der Waals surface area contributed by atoms with Crippen molar-refractivity contribution in [2.45, 2.75) is 6.54 Å². The summed E-state index contributed by atoms with van der Waals surface area (Å²) in [6, 6.07) is 9.87. The van der Waals surface area contributed by atoms with Gasteiger partial charge in [-0.05, 0) is 5.56 Å². The number of nitrogens with two attached hydrogens (primary N) is 1. The van der Waals surface area contributed by atoms with Crippen LogP contribution in [0.25, 0.3) is 0 Å². The molecular formula is C10H11N3O. The number of hydrogen-bond donors (Lipinski definition) is 2. The molecule has 14 heavy (non-hydrogen) atoms. The second kappa shape index (κ2) is 3.41. The Morgan fingerprint density at radius 2 is 2.00 bits per heavy atom. The number of aromatic nitrogens is 2. The lowest BCUT2D eigenvalue weighted by molar-refractivity contribution is 0.456. The maximum atomic E-state index is 9.10. The van der Waals surface area contributed by atoms with Crippen molar-refractivity contribution in [1.29, 1.82) is 0 Å². The van der Waals surface area contributed by atoms with Crippen LogP contribution in [0.5, 0.6) is 5.88 Å². The van der Waals surface area contributed by atoms with E-state index in [1.807, 2.05) is 30.3 Å². The smallest absolute Gasteiger partial charge is 0.231 e. The highest BCUT2D eigenvalue weighted by atomic mass is 16.3. The van der Waals surface area contributed by atoms with Gasteiger partial charge in [0, 0.05) is 0 Å². The molecule has 0 atom stereocenters. The number of imidazole rings is 1. The second-order valence-corrected chi connectivity index (χ2v) is 3.07. The summed E-state index contributed by atoms with van der Waals surface area (Å²) in [6.07, 6.45) is 1.52. The summed E-state index contributed by atoms with van der Waals surface area (Å²) in [6.45, 7) is 0.625. The highest BCUT2D eigenvalue weighted by Gasteiger charge is 2.02. The molecule has 1 aromatic heterocycles. The van der Waals surface area contributed by atoms with Crippen LogP contribution in [0.15, 0.2) is 36.5 Å². The largest absolute Gasteiger partial charge is 0.492 e. The van der Waals surface area contributed by atoms with Crippen LogP contribution in [0.3, 0.4) is 0 Å². The zero-order valence-electron chi connectivity index (χ0n) is 7.59. The molecule has 0 amide bonds.